The average Bonchev–Trinajstić information content (AvgIpc) is 3.05. The Bertz CT molecular complexity index is 1360. The maximum Gasteiger partial charge on any atom is 0.312 e. The standard InChI is InChI=1S/C25H23NO5S/c1-15-7-5-11-18-21(15)25(28)22(24(18)27)19-14-13-16-8-6-12-20(23(16)26-19)31-32(29,30)17-9-3-2-4-10-17/h5-8,11-14,17,22H,2-4,9-10H2,1H3. The Balaban J connectivity index is 1.54. The van der Waals surface area contributed by atoms with Gasteiger partial charge in [0, 0.05) is 16.5 Å². The highest BCUT2D eigenvalue weighted by molar-refractivity contribution is 7.87. The zero-order valence-electron chi connectivity index (χ0n) is 17.7. The predicted octanol–water partition coefficient (Wildman–Crippen LogP) is 4.75. The molecule has 2 aromatic carbocycles. The van der Waals surface area contributed by atoms with Gasteiger partial charge in [-0.25, -0.2) is 4.98 Å². The molecule has 1 unspecified atom stereocenters. The first-order valence-electron chi connectivity index (χ1n) is 10.9. The van der Waals surface area contributed by atoms with Gasteiger partial charge in [-0.3, -0.25) is 9.59 Å². The van der Waals surface area contributed by atoms with E-state index in [4.69, 9.17) is 4.18 Å². The van der Waals surface area contributed by atoms with Gasteiger partial charge in [0.15, 0.2) is 17.3 Å². The van der Waals surface area contributed by atoms with E-state index in [1.165, 1.54) is 0 Å². The topological polar surface area (TPSA) is 90.4 Å². The second-order valence-electron chi connectivity index (χ2n) is 8.56. The lowest BCUT2D eigenvalue weighted by molar-refractivity contribution is 0.0888. The maximum absolute atomic E-state index is 13.1. The number of fused-ring (bicyclic) bond motifs is 2. The van der Waals surface area contributed by atoms with Gasteiger partial charge < -0.3 is 4.18 Å². The Morgan fingerprint density at radius 2 is 1.66 bits per heavy atom. The third-order valence-corrected chi connectivity index (χ3v) is 8.18. The maximum atomic E-state index is 13.1. The van der Waals surface area contributed by atoms with Crippen molar-refractivity contribution in [3.63, 3.8) is 0 Å². The van der Waals surface area contributed by atoms with Crippen LogP contribution in [0.15, 0.2) is 48.5 Å². The van der Waals surface area contributed by atoms with E-state index in [0.717, 1.165) is 24.8 Å². The fourth-order valence-corrected chi connectivity index (χ4v) is 6.23. The summed E-state index contributed by atoms with van der Waals surface area (Å²) in [5.41, 5.74) is 2.23. The van der Waals surface area contributed by atoms with Gasteiger partial charge in [0.1, 0.15) is 11.4 Å². The summed E-state index contributed by atoms with van der Waals surface area (Å²) in [5.74, 6) is -1.46. The first-order chi connectivity index (χ1) is 15.4. The quantitative estimate of drug-likeness (QED) is 0.422. The molecule has 3 aromatic rings. The van der Waals surface area contributed by atoms with Crippen molar-refractivity contribution in [3.8, 4) is 5.75 Å². The van der Waals surface area contributed by atoms with Crippen molar-refractivity contribution in [2.75, 3.05) is 0 Å². The highest BCUT2D eigenvalue weighted by Crippen LogP contribution is 2.37. The minimum atomic E-state index is -3.80. The number of rotatable bonds is 4. The largest absolute Gasteiger partial charge is 0.380 e. The van der Waals surface area contributed by atoms with Gasteiger partial charge in [-0.2, -0.15) is 8.42 Å². The number of pyridine rings is 1. The Kier molecular flexibility index (Phi) is 5.08. The van der Waals surface area contributed by atoms with E-state index < -0.39 is 21.3 Å². The molecule has 2 aliphatic rings. The first kappa shape index (κ1) is 20.8. The molecule has 1 fully saturated rings. The molecular weight excluding hydrogens is 426 g/mol. The molecule has 0 aliphatic heterocycles. The van der Waals surface area contributed by atoms with E-state index in [1.54, 1.807) is 42.5 Å². The van der Waals surface area contributed by atoms with Crippen LogP contribution in [0.1, 0.15) is 70.0 Å². The van der Waals surface area contributed by atoms with Crippen LogP contribution in [0, 0.1) is 6.92 Å². The van der Waals surface area contributed by atoms with E-state index in [0.29, 0.717) is 40.6 Å². The molecule has 1 aromatic heterocycles. The van der Waals surface area contributed by atoms with Gasteiger partial charge in [0.2, 0.25) is 0 Å². The van der Waals surface area contributed by atoms with Crippen molar-refractivity contribution in [1.82, 2.24) is 4.98 Å². The Morgan fingerprint density at radius 1 is 0.906 bits per heavy atom. The third kappa shape index (κ3) is 3.41. The number of ketones is 2. The summed E-state index contributed by atoms with van der Waals surface area (Å²) in [6.07, 6.45) is 3.97. The number of aromatic nitrogens is 1. The fraction of sp³-hybridized carbons (Fsp3) is 0.320. The smallest absolute Gasteiger partial charge is 0.312 e. The molecule has 6 nitrogen and oxygen atoms in total. The molecule has 0 spiro atoms. The van der Waals surface area contributed by atoms with Gasteiger partial charge in [-0.15, -0.1) is 0 Å². The zero-order valence-corrected chi connectivity index (χ0v) is 18.5. The molecule has 7 heteroatoms. The Labute approximate surface area is 186 Å². The summed E-state index contributed by atoms with van der Waals surface area (Å²) in [6, 6.07) is 13.7. The summed E-state index contributed by atoms with van der Waals surface area (Å²) < 4.78 is 31.3. The number of hydrogen-bond donors (Lipinski definition) is 0. The molecular formula is C25H23NO5S. The first-order valence-corrected chi connectivity index (χ1v) is 12.3. The lowest BCUT2D eigenvalue weighted by Crippen LogP contribution is -2.28. The number of aryl methyl sites for hydroxylation is 1. The van der Waals surface area contributed by atoms with Crippen LogP contribution in [-0.4, -0.2) is 30.2 Å². The molecule has 2 aliphatic carbocycles. The molecule has 164 valence electrons. The number of benzene rings is 2. The zero-order chi connectivity index (χ0) is 22.5. The number of carbonyl (C=O) groups is 2. The third-order valence-electron chi connectivity index (χ3n) is 6.48. The monoisotopic (exact) mass is 449 g/mol. The Morgan fingerprint density at radius 3 is 2.41 bits per heavy atom. The lowest BCUT2D eigenvalue weighted by Gasteiger charge is -2.21. The van der Waals surface area contributed by atoms with Crippen LogP contribution in [0.25, 0.3) is 10.9 Å². The second-order valence-corrected chi connectivity index (χ2v) is 10.4. The fourth-order valence-electron chi connectivity index (χ4n) is 4.80. The van der Waals surface area contributed by atoms with Crippen molar-refractivity contribution in [3.05, 3.63) is 70.9 Å². The van der Waals surface area contributed by atoms with E-state index in [2.05, 4.69) is 4.98 Å². The highest BCUT2D eigenvalue weighted by atomic mass is 32.2. The van der Waals surface area contributed by atoms with E-state index in [1.807, 2.05) is 13.0 Å². The van der Waals surface area contributed by atoms with Crippen LogP contribution in [0.3, 0.4) is 0 Å². The number of Topliss-reactive ketones (excluding diaryl/α,β-unsaturated/α-hetero) is 2. The van der Waals surface area contributed by atoms with E-state index >= 15 is 0 Å². The summed E-state index contributed by atoms with van der Waals surface area (Å²) in [7, 11) is -3.80. The molecule has 32 heavy (non-hydrogen) atoms. The molecule has 0 amide bonds. The van der Waals surface area contributed by atoms with Crippen LogP contribution in [-0.2, 0) is 10.1 Å². The van der Waals surface area contributed by atoms with Gasteiger partial charge >= 0.3 is 10.1 Å². The molecule has 5 rings (SSSR count). The average molecular weight is 450 g/mol. The van der Waals surface area contributed by atoms with Crippen LogP contribution < -0.4 is 4.18 Å². The van der Waals surface area contributed by atoms with E-state index in [-0.39, 0.29) is 17.3 Å². The molecule has 0 N–H and O–H groups in total. The van der Waals surface area contributed by atoms with Crippen LogP contribution in [0.5, 0.6) is 5.75 Å². The molecule has 0 saturated heterocycles. The second kappa shape index (κ2) is 7.81. The number of para-hydroxylation sites is 1. The summed E-state index contributed by atoms with van der Waals surface area (Å²) in [6.45, 7) is 1.81. The van der Waals surface area contributed by atoms with Crippen molar-refractivity contribution < 1.29 is 22.2 Å². The van der Waals surface area contributed by atoms with Gasteiger partial charge in [-0.1, -0.05) is 55.7 Å². The SMILES string of the molecule is Cc1cccc2c1C(=O)C(c1ccc3cccc(OS(=O)(=O)C4CCCCC4)c3n1)C2=O. The number of hydrogen-bond acceptors (Lipinski definition) is 6. The predicted molar refractivity (Wildman–Crippen MR) is 121 cm³/mol. The van der Waals surface area contributed by atoms with Gasteiger partial charge in [-0.05, 0) is 37.5 Å². The molecule has 0 radical (unpaired) electrons. The molecule has 1 heterocycles. The summed E-state index contributed by atoms with van der Waals surface area (Å²) >= 11 is 0. The minimum absolute atomic E-state index is 0.126. The summed E-state index contributed by atoms with van der Waals surface area (Å²) in [4.78, 5) is 30.7. The lowest BCUT2D eigenvalue weighted by atomic mass is 9.98. The van der Waals surface area contributed by atoms with Crippen molar-refractivity contribution >= 4 is 32.6 Å². The van der Waals surface area contributed by atoms with Crippen LogP contribution in [0.2, 0.25) is 0 Å². The van der Waals surface area contributed by atoms with Crippen molar-refractivity contribution in [2.45, 2.75) is 50.2 Å². The van der Waals surface area contributed by atoms with Crippen LogP contribution >= 0.6 is 0 Å². The highest BCUT2D eigenvalue weighted by Gasteiger charge is 2.41. The van der Waals surface area contributed by atoms with Crippen molar-refractivity contribution in [1.29, 1.82) is 0 Å². The Hall–Kier alpha value is -3.06. The molecule has 1 saturated carbocycles. The normalized spacial score (nSPS) is 19.3. The number of nitrogens with zero attached hydrogens (tertiary/aromatic N) is 1. The molecule has 1 atom stereocenters. The van der Waals surface area contributed by atoms with Crippen LogP contribution in [0.4, 0.5) is 0 Å². The minimum Gasteiger partial charge on any atom is -0.380 e. The number of carbonyl (C=O) groups excluding carboxylic acids is 2. The van der Waals surface area contributed by atoms with E-state index in [9.17, 15) is 18.0 Å². The van der Waals surface area contributed by atoms with Gasteiger partial charge in [0.25, 0.3) is 0 Å². The molecule has 0 bridgehead atoms. The van der Waals surface area contributed by atoms with Gasteiger partial charge in [0.05, 0.1) is 10.9 Å². The summed E-state index contributed by atoms with van der Waals surface area (Å²) in [5, 5.41) is 0.154. The van der Waals surface area contributed by atoms with Crippen molar-refractivity contribution in [2.24, 2.45) is 0 Å².